The summed E-state index contributed by atoms with van der Waals surface area (Å²) in [4.78, 5) is 8.81. The molecule has 1 atom stereocenters. The number of nitrogens with zero attached hydrogens (tertiary/aromatic N) is 3. The number of hydrogen-bond donors (Lipinski definition) is 1. The van der Waals surface area contributed by atoms with Crippen LogP contribution in [0.25, 0.3) is 11.0 Å². The van der Waals surface area contributed by atoms with Gasteiger partial charge >= 0.3 is 0 Å². The SMILES string of the molecule is Cc1ccc2nc(N)n(C(C)c3ccccn3)c2c1. The molecule has 2 N–H and O–H groups in total. The highest BCUT2D eigenvalue weighted by molar-refractivity contribution is 5.79. The van der Waals surface area contributed by atoms with Crippen LogP contribution < -0.4 is 5.73 Å². The number of imidazole rings is 1. The number of rotatable bonds is 2. The van der Waals surface area contributed by atoms with Crippen molar-refractivity contribution >= 4 is 17.0 Å². The molecule has 2 heterocycles. The number of aromatic nitrogens is 3. The number of nitrogens with two attached hydrogens (primary N) is 1. The van der Waals surface area contributed by atoms with Gasteiger partial charge in [-0.15, -0.1) is 0 Å². The minimum absolute atomic E-state index is 0.0630. The van der Waals surface area contributed by atoms with Crippen molar-refractivity contribution in [1.29, 1.82) is 0 Å². The maximum Gasteiger partial charge on any atom is 0.201 e. The van der Waals surface area contributed by atoms with Gasteiger partial charge in [-0.3, -0.25) is 4.98 Å². The molecular weight excluding hydrogens is 236 g/mol. The fourth-order valence-electron chi connectivity index (χ4n) is 2.38. The van der Waals surface area contributed by atoms with E-state index in [-0.39, 0.29) is 6.04 Å². The Hall–Kier alpha value is -2.36. The van der Waals surface area contributed by atoms with Gasteiger partial charge in [-0.1, -0.05) is 12.1 Å². The Labute approximate surface area is 111 Å². The fraction of sp³-hybridized carbons (Fsp3) is 0.200. The van der Waals surface area contributed by atoms with E-state index in [9.17, 15) is 0 Å². The molecule has 0 saturated carbocycles. The normalized spacial score (nSPS) is 12.7. The lowest BCUT2D eigenvalue weighted by molar-refractivity contribution is 0.647. The Morgan fingerprint density at radius 2 is 2.05 bits per heavy atom. The van der Waals surface area contributed by atoms with E-state index >= 15 is 0 Å². The largest absolute Gasteiger partial charge is 0.369 e. The zero-order valence-corrected chi connectivity index (χ0v) is 11.0. The molecule has 0 amide bonds. The topological polar surface area (TPSA) is 56.7 Å². The molecule has 2 aromatic heterocycles. The first kappa shape index (κ1) is 11.7. The third kappa shape index (κ3) is 1.95. The molecular formula is C15H16N4. The number of anilines is 1. The van der Waals surface area contributed by atoms with Crippen LogP contribution in [0.1, 0.15) is 24.2 Å². The van der Waals surface area contributed by atoms with Crippen molar-refractivity contribution in [3.8, 4) is 0 Å². The summed E-state index contributed by atoms with van der Waals surface area (Å²) in [5.74, 6) is 0.527. The lowest BCUT2D eigenvalue weighted by atomic mass is 10.2. The molecule has 0 aliphatic rings. The summed E-state index contributed by atoms with van der Waals surface area (Å²) in [7, 11) is 0. The van der Waals surface area contributed by atoms with Gasteiger partial charge < -0.3 is 10.3 Å². The Kier molecular flexibility index (Phi) is 2.71. The highest BCUT2D eigenvalue weighted by atomic mass is 15.2. The van der Waals surface area contributed by atoms with Crippen LogP contribution in [0.15, 0.2) is 42.6 Å². The van der Waals surface area contributed by atoms with Gasteiger partial charge in [-0.2, -0.15) is 0 Å². The van der Waals surface area contributed by atoms with E-state index in [1.165, 1.54) is 5.56 Å². The molecule has 0 saturated heterocycles. The molecule has 0 fully saturated rings. The number of fused-ring (bicyclic) bond motifs is 1. The maximum absolute atomic E-state index is 6.07. The van der Waals surface area contributed by atoms with E-state index in [0.717, 1.165) is 16.7 Å². The van der Waals surface area contributed by atoms with Crippen molar-refractivity contribution in [3.63, 3.8) is 0 Å². The summed E-state index contributed by atoms with van der Waals surface area (Å²) in [5, 5.41) is 0. The van der Waals surface area contributed by atoms with Crippen molar-refractivity contribution in [2.75, 3.05) is 5.73 Å². The molecule has 0 aliphatic carbocycles. The van der Waals surface area contributed by atoms with Crippen LogP contribution in [-0.2, 0) is 0 Å². The van der Waals surface area contributed by atoms with Crippen LogP contribution >= 0.6 is 0 Å². The minimum atomic E-state index is 0.0630. The van der Waals surface area contributed by atoms with E-state index < -0.39 is 0 Å². The average molecular weight is 252 g/mol. The molecule has 0 bridgehead atoms. The van der Waals surface area contributed by atoms with Crippen molar-refractivity contribution in [1.82, 2.24) is 14.5 Å². The van der Waals surface area contributed by atoms with Crippen molar-refractivity contribution < 1.29 is 0 Å². The zero-order valence-electron chi connectivity index (χ0n) is 11.0. The van der Waals surface area contributed by atoms with Crippen molar-refractivity contribution in [2.45, 2.75) is 19.9 Å². The van der Waals surface area contributed by atoms with Crippen LogP contribution in [0.2, 0.25) is 0 Å². The summed E-state index contributed by atoms with van der Waals surface area (Å²) in [6.45, 7) is 4.15. The van der Waals surface area contributed by atoms with Crippen LogP contribution in [0.3, 0.4) is 0 Å². The lowest BCUT2D eigenvalue weighted by Crippen LogP contribution is -2.11. The number of benzene rings is 1. The Balaban J connectivity index is 2.19. The molecule has 1 aromatic carbocycles. The molecule has 4 nitrogen and oxygen atoms in total. The van der Waals surface area contributed by atoms with Crippen LogP contribution in [0.5, 0.6) is 0 Å². The second-order valence-corrected chi connectivity index (χ2v) is 4.76. The molecule has 3 rings (SSSR count). The third-order valence-electron chi connectivity index (χ3n) is 3.38. The number of hydrogen-bond acceptors (Lipinski definition) is 3. The minimum Gasteiger partial charge on any atom is -0.369 e. The summed E-state index contributed by atoms with van der Waals surface area (Å²) in [6, 6.07) is 12.1. The van der Waals surface area contributed by atoms with E-state index in [2.05, 4.69) is 29.9 Å². The molecule has 19 heavy (non-hydrogen) atoms. The standard InChI is InChI=1S/C15H16N4/c1-10-6-7-13-14(9-10)19(15(16)18-13)11(2)12-5-3-4-8-17-12/h3-9,11H,1-2H3,(H2,16,18). The number of aryl methyl sites for hydroxylation is 1. The summed E-state index contributed by atoms with van der Waals surface area (Å²) in [5.41, 5.74) is 10.2. The maximum atomic E-state index is 6.07. The first-order chi connectivity index (χ1) is 9.16. The van der Waals surface area contributed by atoms with Crippen LogP contribution in [-0.4, -0.2) is 14.5 Å². The van der Waals surface area contributed by atoms with Crippen LogP contribution in [0, 0.1) is 6.92 Å². The van der Waals surface area contributed by atoms with E-state index in [1.807, 2.05) is 34.9 Å². The molecule has 3 aromatic rings. The van der Waals surface area contributed by atoms with Gasteiger partial charge in [0.1, 0.15) is 0 Å². The van der Waals surface area contributed by atoms with Gasteiger partial charge in [0.25, 0.3) is 0 Å². The second kappa shape index (κ2) is 4.39. The predicted molar refractivity (Wildman–Crippen MR) is 76.9 cm³/mol. The molecule has 96 valence electrons. The van der Waals surface area contributed by atoms with Crippen molar-refractivity contribution in [3.05, 3.63) is 53.9 Å². The molecule has 0 radical (unpaired) electrons. The van der Waals surface area contributed by atoms with Gasteiger partial charge in [0.15, 0.2) is 0 Å². The number of nitrogen functional groups attached to an aromatic ring is 1. The van der Waals surface area contributed by atoms with Gasteiger partial charge in [-0.05, 0) is 43.7 Å². The highest BCUT2D eigenvalue weighted by Gasteiger charge is 2.16. The van der Waals surface area contributed by atoms with Gasteiger partial charge in [0, 0.05) is 6.20 Å². The van der Waals surface area contributed by atoms with E-state index in [1.54, 1.807) is 6.20 Å². The first-order valence-electron chi connectivity index (χ1n) is 6.32. The number of pyridine rings is 1. The zero-order chi connectivity index (χ0) is 13.4. The monoisotopic (exact) mass is 252 g/mol. The smallest absolute Gasteiger partial charge is 0.201 e. The van der Waals surface area contributed by atoms with Crippen molar-refractivity contribution in [2.24, 2.45) is 0 Å². The predicted octanol–water partition coefficient (Wildman–Crippen LogP) is 2.93. The molecule has 0 aliphatic heterocycles. The molecule has 0 spiro atoms. The quantitative estimate of drug-likeness (QED) is 0.763. The highest BCUT2D eigenvalue weighted by Crippen LogP contribution is 2.26. The fourth-order valence-corrected chi connectivity index (χ4v) is 2.38. The second-order valence-electron chi connectivity index (χ2n) is 4.76. The van der Waals surface area contributed by atoms with Gasteiger partial charge in [0.05, 0.1) is 22.8 Å². The van der Waals surface area contributed by atoms with Gasteiger partial charge in [-0.25, -0.2) is 4.98 Å². The molecule has 4 heteroatoms. The van der Waals surface area contributed by atoms with Crippen LogP contribution in [0.4, 0.5) is 5.95 Å². The van der Waals surface area contributed by atoms with E-state index in [0.29, 0.717) is 5.95 Å². The van der Waals surface area contributed by atoms with Gasteiger partial charge in [0.2, 0.25) is 5.95 Å². The lowest BCUT2D eigenvalue weighted by Gasteiger charge is -2.15. The first-order valence-corrected chi connectivity index (χ1v) is 6.32. The summed E-state index contributed by atoms with van der Waals surface area (Å²) in [6.07, 6.45) is 1.80. The Morgan fingerprint density at radius 1 is 1.21 bits per heavy atom. The van der Waals surface area contributed by atoms with E-state index in [4.69, 9.17) is 5.73 Å². The Morgan fingerprint density at radius 3 is 2.79 bits per heavy atom. The summed E-state index contributed by atoms with van der Waals surface area (Å²) >= 11 is 0. The Bertz CT molecular complexity index is 716. The molecule has 1 unspecified atom stereocenters. The third-order valence-corrected chi connectivity index (χ3v) is 3.38. The average Bonchev–Trinajstić information content (AvgIpc) is 2.74. The summed E-state index contributed by atoms with van der Waals surface area (Å²) < 4.78 is 2.03.